The van der Waals surface area contributed by atoms with Crippen molar-refractivity contribution in [3.05, 3.63) is 24.3 Å². The van der Waals surface area contributed by atoms with E-state index in [0.29, 0.717) is 12.1 Å². The molecular formula is C18H28N2S. The van der Waals surface area contributed by atoms with Crippen LogP contribution in [0.4, 0.5) is 5.69 Å². The van der Waals surface area contributed by atoms with E-state index in [2.05, 4.69) is 54.6 Å². The van der Waals surface area contributed by atoms with Crippen LogP contribution < -0.4 is 5.32 Å². The van der Waals surface area contributed by atoms with E-state index in [4.69, 9.17) is 0 Å². The summed E-state index contributed by atoms with van der Waals surface area (Å²) >= 11 is 1.84. The van der Waals surface area contributed by atoms with Crippen LogP contribution in [0.25, 0.3) is 0 Å². The van der Waals surface area contributed by atoms with Gasteiger partial charge in [-0.15, -0.1) is 11.8 Å². The van der Waals surface area contributed by atoms with E-state index in [1.165, 1.54) is 42.9 Å². The van der Waals surface area contributed by atoms with Crippen molar-refractivity contribution in [1.29, 1.82) is 0 Å². The molecule has 0 aromatic heterocycles. The molecule has 1 saturated carbocycles. The molecule has 0 spiro atoms. The highest BCUT2D eigenvalue weighted by molar-refractivity contribution is 7.98. The Labute approximate surface area is 133 Å². The lowest BCUT2D eigenvalue weighted by Crippen LogP contribution is -2.56. The molecule has 1 heterocycles. The number of hydrogen-bond donors (Lipinski definition) is 1. The molecule has 1 aromatic rings. The molecule has 3 heteroatoms. The molecule has 21 heavy (non-hydrogen) atoms. The summed E-state index contributed by atoms with van der Waals surface area (Å²) in [6.07, 6.45) is 6.37. The first kappa shape index (κ1) is 15.2. The molecule has 2 atom stereocenters. The zero-order valence-corrected chi connectivity index (χ0v) is 14.3. The Balaban J connectivity index is 1.76. The minimum Gasteiger partial charge on any atom is -0.381 e. The van der Waals surface area contributed by atoms with Crippen LogP contribution in [-0.2, 0) is 0 Å². The number of benzene rings is 1. The van der Waals surface area contributed by atoms with Crippen LogP contribution in [0.15, 0.2) is 29.2 Å². The highest BCUT2D eigenvalue weighted by Gasteiger charge is 2.40. The van der Waals surface area contributed by atoms with Gasteiger partial charge < -0.3 is 10.2 Å². The topological polar surface area (TPSA) is 15.3 Å². The normalized spacial score (nSPS) is 29.6. The number of piperidine rings is 1. The highest BCUT2D eigenvalue weighted by atomic mass is 32.2. The van der Waals surface area contributed by atoms with Gasteiger partial charge in [-0.3, -0.25) is 0 Å². The maximum absolute atomic E-state index is 3.91. The van der Waals surface area contributed by atoms with E-state index >= 15 is 0 Å². The van der Waals surface area contributed by atoms with Crippen LogP contribution in [-0.4, -0.2) is 36.3 Å². The van der Waals surface area contributed by atoms with Crippen LogP contribution in [0.5, 0.6) is 0 Å². The van der Waals surface area contributed by atoms with Gasteiger partial charge in [-0.05, 0) is 56.9 Å². The molecule has 1 N–H and O–H groups in total. The van der Waals surface area contributed by atoms with Gasteiger partial charge in [0.1, 0.15) is 0 Å². The number of nitrogens with zero attached hydrogens (tertiary/aromatic N) is 1. The Hall–Kier alpha value is -0.670. The van der Waals surface area contributed by atoms with E-state index in [-0.39, 0.29) is 0 Å². The smallest absolute Gasteiger partial charge is 0.0480 e. The first-order valence-corrected chi connectivity index (χ1v) is 9.55. The van der Waals surface area contributed by atoms with Gasteiger partial charge >= 0.3 is 0 Å². The summed E-state index contributed by atoms with van der Waals surface area (Å²) in [5, 5.41) is 3.91. The zero-order valence-electron chi connectivity index (χ0n) is 13.5. The van der Waals surface area contributed by atoms with E-state index in [1.807, 2.05) is 11.8 Å². The second-order valence-corrected chi connectivity index (χ2v) is 7.72. The number of likely N-dealkylation sites (tertiary alicyclic amines) is 1. The number of hydrogen-bond acceptors (Lipinski definition) is 3. The molecule has 0 amide bonds. The van der Waals surface area contributed by atoms with E-state index < -0.39 is 0 Å². The van der Waals surface area contributed by atoms with Crippen molar-refractivity contribution in [1.82, 2.24) is 4.90 Å². The summed E-state index contributed by atoms with van der Waals surface area (Å²) in [4.78, 5) is 4.06. The second kappa shape index (κ2) is 6.62. The van der Waals surface area contributed by atoms with Crippen LogP contribution in [0.2, 0.25) is 0 Å². The molecule has 1 aliphatic heterocycles. The molecule has 2 nitrogen and oxygen atoms in total. The number of thioether (sulfide) groups is 1. The molecule has 2 fully saturated rings. The largest absolute Gasteiger partial charge is 0.381 e. The summed E-state index contributed by atoms with van der Waals surface area (Å²) in [6, 6.07) is 10.1. The fraction of sp³-hybridized carbons (Fsp3) is 0.667. The lowest BCUT2D eigenvalue weighted by molar-refractivity contribution is 0.0517. The third kappa shape index (κ3) is 3.24. The Morgan fingerprint density at radius 2 is 1.81 bits per heavy atom. The molecule has 116 valence electrons. The van der Waals surface area contributed by atoms with Crippen LogP contribution in [0, 0.1) is 11.8 Å². The number of para-hydroxylation sites is 1. The van der Waals surface area contributed by atoms with Crippen molar-refractivity contribution in [2.45, 2.75) is 50.1 Å². The molecule has 2 bridgehead atoms. The van der Waals surface area contributed by atoms with Gasteiger partial charge in [-0.25, -0.2) is 0 Å². The average molecular weight is 305 g/mol. The van der Waals surface area contributed by atoms with Crippen molar-refractivity contribution in [3.8, 4) is 0 Å². The molecule has 3 rings (SSSR count). The van der Waals surface area contributed by atoms with Crippen LogP contribution in [0.3, 0.4) is 0 Å². The van der Waals surface area contributed by atoms with Crippen LogP contribution in [0.1, 0.15) is 33.1 Å². The predicted molar refractivity (Wildman–Crippen MR) is 93.2 cm³/mol. The second-order valence-electron chi connectivity index (χ2n) is 6.87. The summed E-state index contributed by atoms with van der Waals surface area (Å²) in [7, 11) is 0. The number of nitrogens with one attached hydrogen (secondary N) is 1. The Morgan fingerprint density at radius 1 is 1.14 bits per heavy atom. The minimum absolute atomic E-state index is 0.669. The molecule has 2 unspecified atom stereocenters. The molecule has 0 radical (unpaired) electrons. The average Bonchev–Trinajstić information content (AvgIpc) is 2.47. The van der Waals surface area contributed by atoms with Crippen molar-refractivity contribution in [3.63, 3.8) is 0 Å². The maximum Gasteiger partial charge on any atom is 0.0480 e. The fourth-order valence-electron chi connectivity index (χ4n) is 4.07. The molecular weight excluding hydrogens is 276 g/mol. The molecule has 2 aliphatic rings. The van der Waals surface area contributed by atoms with Gasteiger partial charge in [-0.2, -0.15) is 0 Å². The van der Waals surface area contributed by atoms with E-state index in [9.17, 15) is 0 Å². The number of anilines is 1. The van der Waals surface area contributed by atoms with Gasteiger partial charge in [0, 0.05) is 35.8 Å². The Kier molecular flexibility index (Phi) is 4.80. The van der Waals surface area contributed by atoms with Gasteiger partial charge in [0.05, 0.1) is 0 Å². The Bertz CT molecular complexity index is 460. The lowest BCUT2D eigenvalue weighted by Gasteiger charge is -2.49. The van der Waals surface area contributed by atoms with Gasteiger partial charge in [0.25, 0.3) is 0 Å². The minimum atomic E-state index is 0.669. The van der Waals surface area contributed by atoms with Crippen molar-refractivity contribution in [2.24, 2.45) is 11.8 Å². The number of rotatable bonds is 4. The Morgan fingerprint density at radius 3 is 2.43 bits per heavy atom. The first-order valence-electron chi connectivity index (χ1n) is 8.32. The fourth-order valence-corrected chi connectivity index (χ4v) is 4.64. The van der Waals surface area contributed by atoms with Crippen LogP contribution >= 0.6 is 11.8 Å². The molecule has 1 aliphatic carbocycles. The monoisotopic (exact) mass is 304 g/mol. The quantitative estimate of drug-likeness (QED) is 0.834. The van der Waals surface area contributed by atoms with E-state index in [1.54, 1.807) is 0 Å². The van der Waals surface area contributed by atoms with Crippen molar-refractivity contribution >= 4 is 17.4 Å². The standard InChI is InChI=1S/C18H28N2S/c1-13(2)20-11-14-7-6-8-15(12-20)18(14)19-16-9-4-5-10-17(16)21-3/h4-5,9-10,13-15,18-19H,6-8,11-12H2,1-3H3. The van der Waals surface area contributed by atoms with Crippen molar-refractivity contribution < 1.29 is 0 Å². The van der Waals surface area contributed by atoms with Crippen molar-refractivity contribution in [2.75, 3.05) is 24.7 Å². The maximum atomic E-state index is 3.91. The SMILES string of the molecule is CSc1ccccc1NC1C2CCCC1CN(C(C)C)C2. The zero-order chi connectivity index (χ0) is 14.8. The van der Waals surface area contributed by atoms with Gasteiger partial charge in [-0.1, -0.05) is 18.6 Å². The summed E-state index contributed by atoms with van der Waals surface area (Å²) < 4.78 is 0. The molecule has 1 saturated heterocycles. The number of fused-ring (bicyclic) bond motifs is 2. The van der Waals surface area contributed by atoms with Gasteiger partial charge in [0.2, 0.25) is 0 Å². The predicted octanol–water partition coefficient (Wildman–Crippen LogP) is 4.33. The highest BCUT2D eigenvalue weighted by Crippen LogP contribution is 2.38. The lowest BCUT2D eigenvalue weighted by atomic mass is 9.73. The molecule has 1 aromatic carbocycles. The first-order chi connectivity index (χ1) is 10.2. The third-order valence-corrected chi connectivity index (χ3v) is 6.06. The van der Waals surface area contributed by atoms with E-state index in [0.717, 1.165) is 11.8 Å². The summed E-state index contributed by atoms with van der Waals surface area (Å²) in [6.45, 7) is 7.22. The third-order valence-electron chi connectivity index (χ3n) is 5.26. The summed E-state index contributed by atoms with van der Waals surface area (Å²) in [5.41, 5.74) is 1.34. The summed E-state index contributed by atoms with van der Waals surface area (Å²) in [5.74, 6) is 1.63. The van der Waals surface area contributed by atoms with Gasteiger partial charge in [0.15, 0.2) is 0 Å².